The highest BCUT2D eigenvalue weighted by atomic mass is 32.1. The Balaban J connectivity index is 1.76. The molecule has 0 spiro atoms. The average molecular weight is 319 g/mol. The van der Waals surface area contributed by atoms with Crippen LogP contribution in [0.4, 0.5) is 9.52 Å². The largest absolute Gasteiger partial charge is 0.303 e. The van der Waals surface area contributed by atoms with E-state index in [0.29, 0.717) is 16.7 Å². The fourth-order valence-electron chi connectivity index (χ4n) is 1.97. The molecule has 114 valence electrons. The quantitative estimate of drug-likeness (QED) is 0.802. The van der Waals surface area contributed by atoms with Crippen LogP contribution in [0.2, 0.25) is 0 Å². The van der Waals surface area contributed by atoms with Crippen molar-refractivity contribution in [2.45, 2.75) is 20.3 Å². The van der Waals surface area contributed by atoms with Gasteiger partial charge >= 0.3 is 0 Å². The van der Waals surface area contributed by atoms with Gasteiger partial charge in [0.2, 0.25) is 5.13 Å². The molecule has 0 saturated heterocycles. The molecule has 0 saturated carbocycles. The number of imidazole rings is 1. The number of carbonyl (C=O) groups excluding carboxylic acids is 1. The van der Waals surface area contributed by atoms with Gasteiger partial charge < -0.3 is 4.40 Å². The minimum Gasteiger partial charge on any atom is -0.303 e. The van der Waals surface area contributed by atoms with E-state index in [4.69, 9.17) is 0 Å². The molecule has 22 heavy (non-hydrogen) atoms. The van der Waals surface area contributed by atoms with Crippen molar-refractivity contribution in [2.24, 2.45) is 5.92 Å². The Morgan fingerprint density at radius 3 is 2.95 bits per heavy atom. The first-order valence-electron chi connectivity index (χ1n) is 6.79. The van der Waals surface area contributed by atoms with Gasteiger partial charge in [-0.25, -0.2) is 9.37 Å². The lowest BCUT2D eigenvalue weighted by Crippen LogP contribution is -2.12. The zero-order valence-corrected chi connectivity index (χ0v) is 12.9. The third-order valence-corrected chi connectivity index (χ3v) is 3.78. The van der Waals surface area contributed by atoms with Gasteiger partial charge in [0.15, 0.2) is 0 Å². The number of nitrogens with zero attached hydrogens (tertiary/aromatic N) is 4. The van der Waals surface area contributed by atoms with Gasteiger partial charge in [-0.2, -0.15) is 0 Å². The molecule has 1 N–H and O–H groups in total. The highest BCUT2D eigenvalue weighted by Crippen LogP contribution is 2.19. The monoisotopic (exact) mass is 319 g/mol. The van der Waals surface area contributed by atoms with Gasteiger partial charge in [-0.3, -0.25) is 10.1 Å². The van der Waals surface area contributed by atoms with Gasteiger partial charge in [0, 0.05) is 18.8 Å². The lowest BCUT2D eigenvalue weighted by molar-refractivity contribution is 0.102. The Labute approximate surface area is 130 Å². The Morgan fingerprint density at radius 1 is 1.36 bits per heavy atom. The zero-order chi connectivity index (χ0) is 15.7. The summed E-state index contributed by atoms with van der Waals surface area (Å²) in [5.74, 6) is -0.305. The van der Waals surface area contributed by atoms with E-state index in [-0.39, 0.29) is 11.5 Å². The molecule has 1 amide bonds. The fraction of sp³-hybridized carbons (Fsp3) is 0.286. The van der Waals surface area contributed by atoms with Crippen LogP contribution in [0.15, 0.2) is 24.5 Å². The highest BCUT2D eigenvalue weighted by molar-refractivity contribution is 7.15. The van der Waals surface area contributed by atoms with Crippen LogP contribution in [0.3, 0.4) is 0 Å². The van der Waals surface area contributed by atoms with E-state index >= 15 is 0 Å². The van der Waals surface area contributed by atoms with Crippen molar-refractivity contribution in [3.63, 3.8) is 0 Å². The molecule has 0 atom stereocenters. The van der Waals surface area contributed by atoms with Gasteiger partial charge in [0.05, 0.1) is 0 Å². The molecule has 0 aliphatic carbocycles. The summed E-state index contributed by atoms with van der Waals surface area (Å²) in [5, 5.41) is 12.0. The van der Waals surface area contributed by atoms with E-state index in [1.165, 1.54) is 40.3 Å². The van der Waals surface area contributed by atoms with Crippen molar-refractivity contribution in [1.82, 2.24) is 19.6 Å². The number of pyridine rings is 1. The molecule has 3 aromatic rings. The van der Waals surface area contributed by atoms with Crippen molar-refractivity contribution in [3.8, 4) is 0 Å². The summed E-state index contributed by atoms with van der Waals surface area (Å²) < 4.78 is 14.6. The second-order valence-electron chi connectivity index (χ2n) is 5.29. The maximum absolute atomic E-state index is 13.1. The van der Waals surface area contributed by atoms with Crippen LogP contribution in [-0.4, -0.2) is 25.5 Å². The Bertz CT molecular complexity index is 826. The summed E-state index contributed by atoms with van der Waals surface area (Å²) in [6.07, 6.45) is 3.57. The number of aromatic nitrogens is 4. The minimum atomic E-state index is -0.392. The van der Waals surface area contributed by atoms with Gasteiger partial charge in [-0.05, 0) is 18.1 Å². The highest BCUT2D eigenvalue weighted by Gasteiger charge is 2.14. The van der Waals surface area contributed by atoms with Gasteiger partial charge in [0.25, 0.3) is 5.91 Å². The molecule has 0 aliphatic rings. The summed E-state index contributed by atoms with van der Waals surface area (Å²) in [6, 6.07) is 2.81. The second kappa shape index (κ2) is 5.80. The number of nitrogens with one attached hydrogen (secondary N) is 1. The van der Waals surface area contributed by atoms with Gasteiger partial charge in [-0.1, -0.05) is 25.2 Å². The molecule has 8 heteroatoms. The Morgan fingerprint density at radius 2 is 2.18 bits per heavy atom. The van der Waals surface area contributed by atoms with E-state index in [0.717, 1.165) is 11.4 Å². The summed E-state index contributed by atoms with van der Waals surface area (Å²) in [6.45, 7) is 4.19. The van der Waals surface area contributed by atoms with Crippen LogP contribution in [0.5, 0.6) is 0 Å². The van der Waals surface area contributed by atoms with Crippen molar-refractivity contribution in [3.05, 3.63) is 41.0 Å². The molecule has 3 heterocycles. The molecule has 3 aromatic heterocycles. The SMILES string of the molecule is CC(C)Cc1nnc(NC(=O)c2cn3cc(F)ccc3n2)s1. The molecule has 0 bridgehead atoms. The summed E-state index contributed by atoms with van der Waals surface area (Å²) >= 11 is 1.34. The topological polar surface area (TPSA) is 72.2 Å². The van der Waals surface area contributed by atoms with Crippen molar-refractivity contribution in [1.29, 1.82) is 0 Å². The number of carbonyl (C=O) groups is 1. The zero-order valence-electron chi connectivity index (χ0n) is 12.1. The van der Waals surface area contributed by atoms with Crippen LogP contribution in [-0.2, 0) is 6.42 Å². The van der Waals surface area contributed by atoms with Crippen LogP contribution in [0.25, 0.3) is 5.65 Å². The molecule has 3 rings (SSSR count). The maximum atomic E-state index is 13.1. The molecule has 0 fully saturated rings. The maximum Gasteiger partial charge on any atom is 0.277 e. The summed E-state index contributed by atoms with van der Waals surface area (Å²) in [4.78, 5) is 16.3. The van der Waals surface area contributed by atoms with Crippen molar-refractivity contribution < 1.29 is 9.18 Å². The molecule has 6 nitrogen and oxygen atoms in total. The van der Waals surface area contributed by atoms with E-state index in [9.17, 15) is 9.18 Å². The van der Waals surface area contributed by atoms with E-state index in [2.05, 4.69) is 34.3 Å². The number of hydrogen-bond acceptors (Lipinski definition) is 5. The van der Waals surface area contributed by atoms with Gasteiger partial charge in [-0.15, -0.1) is 10.2 Å². The standard InChI is InChI=1S/C14H14FN5OS/c1-8(2)5-12-18-19-14(22-12)17-13(21)10-7-20-6-9(15)3-4-11(20)16-10/h3-4,6-8H,5H2,1-2H3,(H,17,19,21). The number of rotatable bonds is 4. The van der Waals surface area contributed by atoms with E-state index in [1.54, 1.807) is 0 Å². The lowest BCUT2D eigenvalue weighted by atomic mass is 10.1. The third kappa shape index (κ3) is 3.11. The molecular formula is C14H14FN5OS. The Hall–Kier alpha value is -2.35. The first kappa shape index (κ1) is 14.6. The van der Waals surface area contributed by atoms with Crippen molar-refractivity contribution >= 4 is 28.0 Å². The molecule has 0 aromatic carbocycles. The van der Waals surface area contributed by atoms with Gasteiger partial charge in [0.1, 0.15) is 22.2 Å². The third-order valence-electron chi connectivity index (χ3n) is 2.92. The van der Waals surface area contributed by atoms with Crippen LogP contribution in [0.1, 0.15) is 29.3 Å². The number of fused-ring (bicyclic) bond motifs is 1. The molecule has 0 radical (unpaired) electrons. The fourth-order valence-corrected chi connectivity index (χ4v) is 2.92. The number of hydrogen-bond donors (Lipinski definition) is 1. The van der Waals surface area contributed by atoms with Crippen LogP contribution in [0, 0.1) is 11.7 Å². The first-order chi connectivity index (χ1) is 10.5. The van der Waals surface area contributed by atoms with Crippen molar-refractivity contribution in [2.75, 3.05) is 5.32 Å². The average Bonchev–Trinajstić information content (AvgIpc) is 3.04. The summed E-state index contributed by atoms with van der Waals surface area (Å²) in [5.41, 5.74) is 0.704. The number of amides is 1. The lowest BCUT2D eigenvalue weighted by Gasteiger charge is -1.97. The minimum absolute atomic E-state index is 0.200. The first-order valence-corrected chi connectivity index (χ1v) is 7.61. The smallest absolute Gasteiger partial charge is 0.277 e. The second-order valence-corrected chi connectivity index (χ2v) is 6.35. The molecule has 0 unspecified atom stereocenters. The molecule has 0 aliphatic heterocycles. The number of halogens is 1. The van der Waals surface area contributed by atoms with Crippen LogP contribution >= 0.6 is 11.3 Å². The van der Waals surface area contributed by atoms with Crippen LogP contribution < -0.4 is 5.32 Å². The van der Waals surface area contributed by atoms with E-state index in [1.807, 2.05) is 0 Å². The molecular weight excluding hydrogens is 305 g/mol. The Kier molecular flexibility index (Phi) is 3.84. The predicted octanol–water partition coefficient (Wildman–Crippen LogP) is 2.78. The van der Waals surface area contributed by atoms with E-state index < -0.39 is 5.91 Å². The predicted molar refractivity (Wildman–Crippen MR) is 81.6 cm³/mol. The normalized spacial score (nSPS) is 11.3. The summed E-state index contributed by atoms with van der Waals surface area (Å²) in [7, 11) is 0. The number of anilines is 1.